The van der Waals surface area contributed by atoms with Crippen molar-refractivity contribution in [2.75, 3.05) is 19.0 Å². The zero-order chi connectivity index (χ0) is 10.7. The van der Waals surface area contributed by atoms with Crippen LogP contribution < -0.4 is 5.32 Å². The highest BCUT2D eigenvalue weighted by molar-refractivity contribution is 5.90. The minimum absolute atomic E-state index is 0.0444. The summed E-state index contributed by atoms with van der Waals surface area (Å²) in [5.41, 5.74) is 1.01. The Morgan fingerprint density at radius 3 is 3.07 bits per heavy atom. The number of carbonyl (C=O) groups is 1. The molecule has 5 nitrogen and oxygen atoms in total. The molecule has 1 N–H and O–H groups in total. The Morgan fingerprint density at radius 2 is 2.40 bits per heavy atom. The first-order valence-corrected chi connectivity index (χ1v) is 4.90. The zero-order valence-electron chi connectivity index (χ0n) is 8.56. The van der Waals surface area contributed by atoms with Gasteiger partial charge in [-0.1, -0.05) is 0 Å². The monoisotopic (exact) mass is 207 g/mol. The summed E-state index contributed by atoms with van der Waals surface area (Å²) in [5, 5.41) is 2.65. The summed E-state index contributed by atoms with van der Waals surface area (Å²) in [6.45, 7) is 0.0444. The van der Waals surface area contributed by atoms with Crippen LogP contribution in [-0.4, -0.2) is 29.6 Å². The minimum atomic E-state index is -0.196. The quantitative estimate of drug-likeness (QED) is 0.798. The molecule has 1 aliphatic carbocycles. The molecule has 0 saturated heterocycles. The number of methoxy groups -OCH3 is 1. The molecule has 1 aromatic heterocycles. The molecule has 1 aliphatic rings. The van der Waals surface area contributed by atoms with Crippen LogP contribution in [0.15, 0.2) is 12.4 Å². The molecule has 0 aliphatic heterocycles. The lowest BCUT2D eigenvalue weighted by atomic mass is 10.3. The van der Waals surface area contributed by atoms with E-state index in [2.05, 4.69) is 15.3 Å². The number of hydrogen-bond donors (Lipinski definition) is 1. The van der Waals surface area contributed by atoms with E-state index in [1.54, 1.807) is 0 Å². The minimum Gasteiger partial charge on any atom is -0.375 e. The van der Waals surface area contributed by atoms with E-state index < -0.39 is 0 Å². The van der Waals surface area contributed by atoms with Crippen LogP contribution in [0.4, 0.5) is 5.82 Å². The first-order chi connectivity index (χ1) is 7.29. The predicted molar refractivity (Wildman–Crippen MR) is 54.5 cm³/mol. The topological polar surface area (TPSA) is 64.1 Å². The number of rotatable bonds is 4. The predicted octanol–water partition coefficient (Wildman–Crippen LogP) is 0.939. The maximum absolute atomic E-state index is 11.2. The molecule has 1 fully saturated rings. The third-order valence-electron chi connectivity index (χ3n) is 2.23. The van der Waals surface area contributed by atoms with Crippen molar-refractivity contribution in [3.05, 3.63) is 18.1 Å². The van der Waals surface area contributed by atoms with E-state index in [4.69, 9.17) is 4.74 Å². The fraction of sp³-hybridized carbons (Fsp3) is 0.500. The van der Waals surface area contributed by atoms with Crippen LogP contribution in [0.2, 0.25) is 0 Å². The van der Waals surface area contributed by atoms with Gasteiger partial charge in [0.25, 0.3) is 5.91 Å². The number of ether oxygens (including phenoxy) is 1. The molecular weight excluding hydrogens is 194 g/mol. The van der Waals surface area contributed by atoms with Crippen molar-refractivity contribution >= 4 is 11.7 Å². The Balaban J connectivity index is 2.01. The molecule has 15 heavy (non-hydrogen) atoms. The van der Waals surface area contributed by atoms with Crippen molar-refractivity contribution in [3.8, 4) is 0 Å². The molecule has 1 amide bonds. The fourth-order valence-electron chi connectivity index (χ4n) is 1.35. The normalized spacial score (nSPS) is 15.0. The largest absolute Gasteiger partial charge is 0.375 e. The van der Waals surface area contributed by atoms with Crippen LogP contribution in [0.25, 0.3) is 0 Å². The Kier molecular flexibility index (Phi) is 2.91. The van der Waals surface area contributed by atoms with Gasteiger partial charge in [0.2, 0.25) is 0 Å². The van der Waals surface area contributed by atoms with Gasteiger partial charge in [0.15, 0.2) is 0 Å². The SMILES string of the molecule is COCC(=O)Nc1cc(C2CC2)ncn1. The van der Waals surface area contributed by atoms with Crippen LogP contribution in [0.5, 0.6) is 0 Å². The summed E-state index contributed by atoms with van der Waals surface area (Å²) < 4.78 is 4.71. The summed E-state index contributed by atoms with van der Waals surface area (Å²) >= 11 is 0. The number of hydrogen-bond acceptors (Lipinski definition) is 4. The van der Waals surface area contributed by atoms with Crippen LogP contribution in [0, 0.1) is 0 Å². The maximum Gasteiger partial charge on any atom is 0.251 e. The standard InChI is InChI=1S/C10H13N3O2/c1-15-5-10(14)13-9-4-8(7-2-3-7)11-6-12-9/h4,6-7H,2-3,5H2,1H3,(H,11,12,13,14). The Labute approximate surface area is 87.9 Å². The number of nitrogens with one attached hydrogen (secondary N) is 1. The summed E-state index contributed by atoms with van der Waals surface area (Å²) in [6, 6.07) is 1.82. The summed E-state index contributed by atoms with van der Waals surface area (Å²) in [6.07, 6.45) is 3.85. The Hall–Kier alpha value is -1.49. The lowest BCUT2D eigenvalue weighted by Gasteiger charge is -2.04. The molecule has 0 atom stereocenters. The van der Waals surface area contributed by atoms with Gasteiger partial charge in [-0.15, -0.1) is 0 Å². The van der Waals surface area contributed by atoms with Gasteiger partial charge in [-0.25, -0.2) is 9.97 Å². The third-order valence-corrected chi connectivity index (χ3v) is 2.23. The van der Waals surface area contributed by atoms with E-state index >= 15 is 0 Å². The van der Waals surface area contributed by atoms with Crippen molar-refractivity contribution in [2.45, 2.75) is 18.8 Å². The van der Waals surface area contributed by atoms with Gasteiger partial charge in [-0.3, -0.25) is 4.79 Å². The van der Waals surface area contributed by atoms with Crippen molar-refractivity contribution < 1.29 is 9.53 Å². The van der Waals surface area contributed by atoms with Crippen molar-refractivity contribution in [3.63, 3.8) is 0 Å². The van der Waals surface area contributed by atoms with Gasteiger partial charge in [0.1, 0.15) is 18.8 Å². The summed E-state index contributed by atoms with van der Waals surface area (Å²) in [7, 11) is 1.48. The highest BCUT2D eigenvalue weighted by Crippen LogP contribution is 2.39. The molecule has 1 heterocycles. The number of amides is 1. The maximum atomic E-state index is 11.2. The number of nitrogens with zero attached hydrogens (tertiary/aromatic N) is 2. The number of anilines is 1. The lowest BCUT2D eigenvalue weighted by Crippen LogP contribution is -2.18. The molecule has 0 radical (unpaired) electrons. The van der Waals surface area contributed by atoms with E-state index in [0.29, 0.717) is 11.7 Å². The van der Waals surface area contributed by atoms with Gasteiger partial charge in [0, 0.05) is 24.8 Å². The molecule has 0 spiro atoms. The first-order valence-electron chi connectivity index (χ1n) is 4.90. The van der Waals surface area contributed by atoms with Gasteiger partial charge >= 0.3 is 0 Å². The van der Waals surface area contributed by atoms with Gasteiger partial charge in [-0.2, -0.15) is 0 Å². The fourth-order valence-corrected chi connectivity index (χ4v) is 1.35. The average Bonchev–Trinajstić information content (AvgIpc) is 3.01. The summed E-state index contributed by atoms with van der Waals surface area (Å²) in [4.78, 5) is 19.3. The second-order valence-electron chi connectivity index (χ2n) is 3.58. The van der Waals surface area contributed by atoms with E-state index in [9.17, 15) is 4.79 Å². The molecule has 0 bridgehead atoms. The van der Waals surface area contributed by atoms with Crippen LogP contribution >= 0.6 is 0 Å². The molecule has 1 aromatic rings. The highest BCUT2D eigenvalue weighted by atomic mass is 16.5. The van der Waals surface area contributed by atoms with Crippen molar-refractivity contribution in [1.29, 1.82) is 0 Å². The van der Waals surface area contributed by atoms with Gasteiger partial charge in [-0.05, 0) is 12.8 Å². The van der Waals surface area contributed by atoms with E-state index in [1.165, 1.54) is 26.3 Å². The Bertz CT molecular complexity index is 363. The third kappa shape index (κ3) is 2.73. The van der Waals surface area contributed by atoms with E-state index in [-0.39, 0.29) is 12.5 Å². The van der Waals surface area contributed by atoms with E-state index in [0.717, 1.165) is 5.69 Å². The zero-order valence-corrected chi connectivity index (χ0v) is 8.56. The average molecular weight is 207 g/mol. The van der Waals surface area contributed by atoms with Gasteiger partial charge in [0.05, 0.1) is 0 Å². The molecule has 1 saturated carbocycles. The number of carbonyl (C=O) groups excluding carboxylic acids is 1. The molecule has 2 rings (SSSR count). The van der Waals surface area contributed by atoms with Crippen molar-refractivity contribution in [1.82, 2.24) is 9.97 Å². The highest BCUT2D eigenvalue weighted by Gasteiger charge is 2.25. The lowest BCUT2D eigenvalue weighted by molar-refractivity contribution is -0.119. The number of aromatic nitrogens is 2. The molecule has 0 aromatic carbocycles. The van der Waals surface area contributed by atoms with Crippen LogP contribution in [0.3, 0.4) is 0 Å². The Morgan fingerprint density at radius 1 is 1.60 bits per heavy atom. The molecule has 5 heteroatoms. The summed E-state index contributed by atoms with van der Waals surface area (Å²) in [5.74, 6) is 0.915. The second kappa shape index (κ2) is 4.35. The molecular formula is C10H13N3O2. The van der Waals surface area contributed by atoms with E-state index in [1.807, 2.05) is 6.07 Å². The second-order valence-corrected chi connectivity index (χ2v) is 3.58. The van der Waals surface area contributed by atoms with Crippen LogP contribution in [0.1, 0.15) is 24.5 Å². The van der Waals surface area contributed by atoms with Crippen molar-refractivity contribution in [2.24, 2.45) is 0 Å². The van der Waals surface area contributed by atoms with Crippen LogP contribution in [-0.2, 0) is 9.53 Å². The molecule has 0 unspecified atom stereocenters. The molecule has 80 valence electrons. The smallest absolute Gasteiger partial charge is 0.251 e. The first kappa shape index (κ1) is 10.0. The van der Waals surface area contributed by atoms with Gasteiger partial charge < -0.3 is 10.1 Å².